The van der Waals surface area contributed by atoms with Crippen molar-refractivity contribution in [2.75, 3.05) is 13.1 Å². The molecule has 0 aliphatic carbocycles. The summed E-state index contributed by atoms with van der Waals surface area (Å²) in [5.74, 6) is -0.917. The van der Waals surface area contributed by atoms with Crippen LogP contribution in [0.2, 0.25) is 0 Å². The van der Waals surface area contributed by atoms with E-state index in [0.717, 1.165) is 0 Å². The van der Waals surface area contributed by atoms with Gasteiger partial charge in [-0.15, -0.1) is 0 Å². The van der Waals surface area contributed by atoms with E-state index in [9.17, 15) is 19.8 Å². The van der Waals surface area contributed by atoms with E-state index in [-0.39, 0.29) is 18.2 Å². The zero-order valence-electron chi connectivity index (χ0n) is 11.7. The van der Waals surface area contributed by atoms with Gasteiger partial charge in [0.25, 0.3) is 5.91 Å². The highest BCUT2D eigenvalue weighted by molar-refractivity contribution is 5.96. The molecule has 108 valence electrons. The summed E-state index contributed by atoms with van der Waals surface area (Å²) in [5, 5.41) is 18.7. The van der Waals surface area contributed by atoms with Crippen LogP contribution in [0.1, 0.15) is 35.7 Å². The van der Waals surface area contributed by atoms with Crippen molar-refractivity contribution >= 4 is 11.9 Å². The minimum Gasteiger partial charge on any atom is -0.508 e. The number of aryl methyl sites for hydroxylation is 1. The number of carboxylic acid groups (broad SMARTS) is 1. The SMILES string of the molecule is Cc1cc(O)ccc1C(=O)N1CCCC(C)(C(=O)O)C1. The highest BCUT2D eigenvalue weighted by atomic mass is 16.4. The highest BCUT2D eigenvalue weighted by Gasteiger charge is 2.39. The Bertz CT molecular complexity index is 555. The molecule has 1 fully saturated rings. The maximum Gasteiger partial charge on any atom is 0.311 e. The molecule has 1 aliphatic rings. The van der Waals surface area contributed by atoms with Crippen LogP contribution < -0.4 is 0 Å². The van der Waals surface area contributed by atoms with Crippen molar-refractivity contribution in [1.29, 1.82) is 0 Å². The van der Waals surface area contributed by atoms with Crippen molar-refractivity contribution in [2.45, 2.75) is 26.7 Å². The van der Waals surface area contributed by atoms with Gasteiger partial charge < -0.3 is 15.1 Å². The van der Waals surface area contributed by atoms with Crippen molar-refractivity contribution in [3.8, 4) is 5.75 Å². The number of hydrogen-bond acceptors (Lipinski definition) is 3. The third kappa shape index (κ3) is 2.61. The van der Waals surface area contributed by atoms with E-state index in [2.05, 4.69) is 0 Å². The number of likely N-dealkylation sites (tertiary alicyclic amines) is 1. The summed E-state index contributed by atoms with van der Waals surface area (Å²) in [6, 6.07) is 4.59. The summed E-state index contributed by atoms with van der Waals surface area (Å²) in [5.41, 5.74) is 0.327. The largest absolute Gasteiger partial charge is 0.508 e. The number of benzene rings is 1. The van der Waals surface area contributed by atoms with Crippen LogP contribution in [0.25, 0.3) is 0 Å². The van der Waals surface area contributed by atoms with E-state index in [1.807, 2.05) is 0 Å². The first-order chi connectivity index (χ1) is 9.33. The monoisotopic (exact) mass is 277 g/mol. The fourth-order valence-electron chi connectivity index (χ4n) is 2.65. The zero-order valence-corrected chi connectivity index (χ0v) is 11.7. The van der Waals surface area contributed by atoms with Gasteiger partial charge in [0.15, 0.2) is 0 Å². The maximum atomic E-state index is 12.5. The number of phenolic OH excluding ortho intramolecular Hbond substituents is 1. The number of hydrogen-bond donors (Lipinski definition) is 2. The molecular weight excluding hydrogens is 258 g/mol. The molecule has 1 unspecified atom stereocenters. The smallest absolute Gasteiger partial charge is 0.311 e. The topological polar surface area (TPSA) is 77.8 Å². The molecule has 0 aromatic heterocycles. The number of carbonyl (C=O) groups is 2. The Morgan fingerprint density at radius 1 is 1.35 bits per heavy atom. The number of carboxylic acids is 1. The Kier molecular flexibility index (Phi) is 3.70. The molecule has 20 heavy (non-hydrogen) atoms. The molecule has 1 atom stereocenters. The number of aromatic hydroxyl groups is 1. The quantitative estimate of drug-likeness (QED) is 0.867. The van der Waals surface area contributed by atoms with Crippen LogP contribution in [0.4, 0.5) is 0 Å². The van der Waals surface area contributed by atoms with E-state index < -0.39 is 11.4 Å². The predicted molar refractivity (Wildman–Crippen MR) is 73.7 cm³/mol. The Balaban J connectivity index is 2.23. The molecule has 0 bridgehead atoms. The second kappa shape index (κ2) is 5.15. The molecule has 1 aromatic carbocycles. The van der Waals surface area contributed by atoms with Crippen molar-refractivity contribution in [3.05, 3.63) is 29.3 Å². The zero-order chi connectivity index (χ0) is 14.9. The lowest BCUT2D eigenvalue weighted by Crippen LogP contribution is -2.48. The summed E-state index contributed by atoms with van der Waals surface area (Å²) in [4.78, 5) is 25.4. The Morgan fingerprint density at radius 2 is 2.05 bits per heavy atom. The fourth-order valence-corrected chi connectivity index (χ4v) is 2.65. The summed E-state index contributed by atoms with van der Waals surface area (Å²) >= 11 is 0. The van der Waals surface area contributed by atoms with Gasteiger partial charge in [-0.05, 0) is 50.5 Å². The van der Waals surface area contributed by atoms with Crippen LogP contribution in [0, 0.1) is 12.3 Å². The molecule has 0 radical (unpaired) electrons. The summed E-state index contributed by atoms with van der Waals surface area (Å²) in [7, 11) is 0. The number of phenols is 1. The molecule has 1 heterocycles. The number of rotatable bonds is 2. The first kappa shape index (κ1) is 14.4. The first-order valence-corrected chi connectivity index (χ1v) is 6.66. The van der Waals surface area contributed by atoms with E-state index >= 15 is 0 Å². The van der Waals surface area contributed by atoms with Gasteiger partial charge in [0.05, 0.1) is 5.41 Å². The molecular formula is C15H19NO4. The molecule has 2 N–H and O–H groups in total. The van der Waals surface area contributed by atoms with Crippen LogP contribution >= 0.6 is 0 Å². The van der Waals surface area contributed by atoms with E-state index in [0.29, 0.717) is 30.5 Å². The second-order valence-corrected chi connectivity index (χ2v) is 5.70. The second-order valence-electron chi connectivity index (χ2n) is 5.70. The van der Waals surface area contributed by atoms with Crippen LogP contribution in [-0.4, -0.2) is 40.1 Å². The molecule has 1 aromatic rings. The van der Waals surface area contributed by atoms with Gasteiger partial charge in [-0.3, -0.25) is 9.59 Å². The molecule has 1 aliphatic heterocycles. The molecule has 0 spiro atoms. The first-order valence-electron chi connectivity index (χ1n) is 6.66. The molecule has 1 amide bonds. The van der Waals surface area contributed by atoms with Gasteiger partial charge in [0.2, 0.25) is 0 Å². The average Bonchev–Trinajstić information content (AvgIpc) is 2.38. The summed E-state index contributed by atoms with van der Waals surface area (Å²) in [6.07, 6.45) is 1.27. The van der Waals surface area contributed by atoms with Gasteiger partial charge in [-0.2, -0.15) is 0 Å². The number of amides is 1. The lowest BCUT2D eigenvalue weighted by molar-refractivity contribution is -0.150. The lowest BCUT2D eigenvalue weighted by Gasteiger charge is -2.37. The summed E-state index contributed by atoms with van der Waals surface area (Å²) < 4.78 is 0. The minimum atomic E-state index is -0.876. The lowest BCUT2D eigenvalue weighted by atomic mass is 9.82. The standard InChI is InChI=1S/C15H19NO4/c1-10-8-11(17)4-5-12(10)13(18)16-7-3-6-15(2,9-16)14(19)20/h4-5,8,17H,3,6-7,9H2,1-2H3,(H,19,20). The van der Waals surface area contributed by atoms with Crippen molar-refractivity contribution in [1.82, 2.24) is 4.90 Å². The van der Waals surface area contributed by atoms with Crippen LogP contribution in [0.5, 0.6) is 5.75 Å². The predicted octanol–water partition coefficient (Wildman–Crippen LogP) is 2.03. The van der Waals surface area contributed by atoms with Gasteiger partial charge in [0, 0.05) is 18.7 Å². The third-order valence-electron chi connectivity index (χ3n) is 3.94. The van der Waals surface area contributed by atoms with Crippen LogP contribution in [0.3, 0.4) is 0 Å². The maximum absolute atomic E-state index is 12.5. The van der Waals surface area contributed by atoms with E-state index in [1.54, 1.807) is 24.8 Å². The molecule has 2 rings (SSSR count). The molecule has 0 saturated carbocycles. The van der Waals surface area contributed by atoms with Crippen molar-refractivity contribution in [3.63, 3.8) is 0 Å². The Hall–Kier alpha value is -2.04. The van der Waals surface area contributed by atoms with Gasteiger partial charge in [-0.1, -0.05) is 0 Å². The van der Waals surface area contributed by atoms with E-state index in [4.69, 9.17) is 0 Å². The average molecular weight is 277 g/mol. The minimum absolute atomic E-state index is 0.119. The van der Waals surface area contributed by atoms with Gasteiger partial charge in [0.1, 0.15) is 5.75 Å². The van der Waals surface area contributed by atoms with Crippen molar-refractivity contribution < 1.29 is 19.8 Å². The third-order valence-corrected chi connectivity index (χ3v) is 3.94. The van der Waals surface area contributed by atoms with Gasteiger partial charge in [-0.25, -0.2) is 0 Å². The molecule has 1 saturated heterocycles. The Morgan fingerprint density at radius 3 is 2.65 bits per heavy atom. The van der Waals surface area contributed by atoms with Crippen LogP contribution in [0.15, 0.2) is 18.2 Å². The number of aliphatic carboxylic acids is 1. The Labute approximate surface area is 117 Å². The summed E-state index contributed by atoms with van der Waals surface area (Å²) in [6.45, 7) is 4.23. The number of carbonyl (C=O) groups excluding carboxylic acids is 1. The molecule has 5 heteroatoms. The van der Waals surface area contributed by atoms with Gasteiger partial charge >= 0.3 is 5.97 Å². The molecule has 5 nitrogen and oxygen atoms in total. The van der Waals surface area contributed by atoms with E-state index in [1.165, 1.54) is 12.1 Å². The number of nitrogens with zero attached hydrogens (tertiary/aromatic N) is 1. The normalized spacial score (nSPS) is 22.6. The number of piperidine rings is 1. The fraction of sp³-hybridized carbons (Fsp3) is 0.467. The van der Waals surface area contributed by atoms with Crippen LogP contribution in [-0.2, 0) is 4.79 Å². The van der Waals surface area contributed by atoms with Crippen molar-refractivity contribution in [2.24, 2.45) is 5.41 Å². The highest BCUT2D eigenvalue weighted by Crippen LogP contribution is 2.31.